The zero-order valence-electron chi connectivity index (χ0n) is 12.9. The number of anilines is 1. The van der Waals surface area contributed by atoms with Crippen LogP contribution in [0.5, 0.6) is 0 Å². The molecular formula is C17H15ClN4O2. The topological polar surface area (TPSA) is 69.0 Å². The number of hydrogen-bond donors (Lipinski definition) is 1. The second-order valence-electron chi connectivity index (χ2n) is 5.03. The van der Waals surface area contributed by atoms with Crippen LogP contribution in [0.4, 0.5) is 10.6 Å². The van der Waals surface area contributed by atoms with Crippen LogP contribution >= 0.6 is 11.6 Å². The molecule has 0 bridgehead atoms. The van der Waals surface area contributed by atoms with Crippen molar-refractivity contribution in [1.29, 1.82) is 0 Å². The van der Waals surface area contributed by atoms with Crippen LogP contribution in [-0.2, 0) is 4.74 Å². The number of amides is 1. The van der Waals surface area contributed by atoms with Crippen LogP contribution in [0.15, 0.2) is 60.8 Å². The van der Waals surface area contributed by atoms with Crippen molar-refractivity contribution in [2.75, 3.05) is 5.32 Å². The van der Waals surface area contributed by atoms with E-state index in [1.807, 2.05) is 37.3 Å². The third-order valence-electron chi connectivity index (χ3n) is 3.34. The highest BCUT2D eigenvalue weighted by atomic mass is 35.5. The van der Waals surface area contributed by atoms with Gasteiger partial charge in [0, 0.05) is 6.07 Å². The number of pyridine rings is 1. The van der Waals surface area contributed by atoms with Gasteiger partial charge in [-0.1, -0.05) is 48.0 Å². The van der Waals surface area contributed by atoms with Gasteiger partial charge < -0.3 is 4.74 Å². The summed E-state index contributed by atoms with van der Waals surface area (Å²) < 4.78 is 6.86. The molecule has 0 aliphatic rings. The number of ether oxygens (including phenoxy) is 1. The number of nitrogens with one attached hydrogen (secondary N) is 1. The van der Waals surface area contributed by atoms with Crippen molar-refractivity contribution in [2.45, 2.75) is 13.0 Å². The summed E-state index contributed by atoms with van der Waals surface area (Å²) in [5.74, 6) is 0.939. The Bertz CT molecular complexity index is 835. The van der Waals surface area contributed by atoms with Gasteiger partial charge >= 0.3 is 6.09 Å². The summed E-state index contributed by atoms with van der Waals surface area (Å²) in [6.07, 6.45) is 0.612. The lowest BCUT2D eigenvalue weighted by molar-refractivity contribution is 0.121. The van der Waals surface area contributed by atoms with Gasteiger partial charge in [0.05, 0.1) is 6.20 Å². The van der Waals surface area contributed by atoms with Gasteiger partial charge in [-0.25, -0.2) is 9.78 Å². The largest absolute Gasteiger partial charge is 0.441 e. The highest BCUT2D eigenvalue weighted by molar-refractivity contribution is 6.29. The van der Waals surface area contributed by atoms with E-state index in [0.717, 1.165) is 5.56 Å². The van der Waals surface area contributed by atoms with Crippen molar-refractivity contribution in [3.63, 3.8) is 0 Å². The number of halogens is 1. The number of carbonyl (C=O) groups excluding carboxylic acids is 1. The third-order valence-corrected chi connectivity index (χ3v) is 3.55. The lowest BCUT2D eigenvalue weighted by Gasteiger charge is -2.14. The molecule has 0 spiro atoms. The molecule has 7 heteroatoms. The highest BCUT2D eigenvalue weighted by Gasteiger charge is 2.14. The molecular weight excluding hydrogens is 328 g/mol. The first-order valence-electron chi connectivity index (χ1n) is 7.33. The molecule has 0 saturated carbocycles. The van der Waals surface area contributed by atoms with Crippen molar-refractivity contribution in [2.24, 2.45) is 0 Å². The summed E-state index contributed by atoms with van der Waals surface area (Å²) in [6, 6.07) is 16.3. The van der Waals surface area contributed by atoms with Crippen LogP contribution in [0.3, 0.4) is 0 Å². The molecule has 1 amide bonds. The first-order valence-corrected chi connectivity index (χ1v) is 7.71. The van der Waals surface area contributed by atoms with E-state index in [9.17, 15) is 4.79 Å². The molecule has 3 rings (SSSR count). The van der Waals surface area contributed by atoms with Gasteiger partial charge in [0.15, 0.2) is 5.82 Å². The zero-order valence-corrected chi connectivity index (χ0v) is 13.6. The maximum Gasteiger partial charge on any atom is 0.413 e. The fourth-order valence-electron chi connectivity index (χ4n) is 2.18. The molecule has 1 N–H and O–H groups in total. The second kappa shape index (κ2) is 7.14. The van der Waals surface area contributed by atoms with E-state index in [1.165, 1.54) is 4.68 Å². The Morgan fingerprint density at radius 1 is 1.17 bits per heavy atom. The Morgan fingerprint density at radius 3 is 2.71 bits per heavy atom. The molecule has 2 aromatic heterocycles. The number of rotatable bonds is 4. The highest BCUT2D eigenvalue weighted by Crippen LogP contribution is 2.19. The molecule has 0 saturated heterocycles. The molecule has 0 aliphatic heterocycles. The standard InChI is InChI=1S/C17H15ClN4O2/c1-12(13-6-3-2-4-7-13)24-17(23)21-16-10-11-19-22(16)15-9-5-8-14(18)20-15/h2-12H,1H3,(H,21,23)/t12-/m1/s1. The lowest BCUT2D eigenvalue weighted by atomic mass is 10.1. The number of benzene rings is 1. The van der Waals surface area contributed by atoms with Crippen LogP contribution in [0.25, 0.3) is 5.82 Å². The zero-order chi connectivity index (χ0) is 16.9. The SMILES string of the molecule is C[C@@H](OC(=O)Nc1ccnn1-c1cccc(Cl)n1)c1ccccc1. The average Bonchev–Trinajstić information content (AvgIpc) is 3.03. The van der Waals surface area contributed by atoms with Crippen molar-refractivity contribution < 1.29 is 9.53 Å². The smallest absolute Gasteiger partial charge is 0.413 e. The van der Waals surface area contributed by atoms with Crippen molar-refractivity contribution in [3.05, 3.63) is 71.5 Å². The minimum Gasteiger partial charge on any atom is -0.441 e. The van der Waals surface area contributed by atoms with E-state index >= 15 is 0 Å². The first kappa shape index (κ1) is 16.0. The number of nitrogens with zero attached hydrogens (tertiary/aromatic N) is 3. The summed E-state index contributed by atoms with van der Waals surface area (Å²) in [5, 5.41) is 7.15. The van der Waals surface area contributed by atoms with Gasteiger partial charge in [0.1, 0.15) is 17.1 Å². The third kappa shape index (κ3) is 3.72. The van der Waals surface area contributed by atoms with Crippen molar-refractivity contribution in [3.8, 4) is 5.82 Å². The number of aromatic nitrogens is 3. The molecule has 2 heterocycles. The van der Waals surface area contributed by atoms with Crippen molar-refractivity contribution in [1.82, 2.24) is 14.8 Å². The Morgan fingerprint density at radius 2 is 1.96 bits per heavy atom. The van der Waals surface area contributed by atoms with E-state index in [0.29, 0.717) is 16.8 Å². The molecule has 0 unspecified atom stereocenters. The Balaban J connectivity index is 1.71. The van der Waals surface area contributed by atoms with E-state index in [-0.39, 0.29) is 6.10 Å². The van der Waals surface area contributed by atoms with E-state index in [4.69, 9.17) is 16.3 Å². The maximum absolute atomic E-state index is 12.1. The van der Waals surface area contributed by atoms with Crippen LogP contribution in [0.2, 0.25) is 5.15 Å². The Hall–Kier alpha value is -2.86. The van der Waals surface area contributed by atoms with E-state index in [1.54, 1.807) is 30.5 Å². The Kier molecular flexibility index (Phi) is 4.77. The molecule has 1 aromatic carbocycles. The van der Waals surface area contributed by atoms with Crippen LogP contribution in [0.1, 0.15) is 18.6 Å². The number of carbonyl (C=O) groups is 1. The van der Waals surface area contributed by atoms with Gasteiger partial charge in [-0.15, -0.1) is 0 Å². The molecule has 0 radical (unpaired) electrons. The molecule has 0 aliphatic carbocycles. The average molecular weight is 343 g/mol. The first-order chi connectivity index (χ1) is 11.6. The minimum atomic E-state index is -0.574. The maximum atomic E-state index is 12.1. The summed E-state index contributed by atoms with van der Waals surface area (Å²) in [4.78, 5) is 16.3. The quantitative estimate of drug-likeness (QED) is 0.720. The van der Waals surface area contributed by atoms with Crippen LogP contribution < -0.4 is 5.32 Å². The summed E-state index contributed by atoms with van der Waals surface area (Å²) in [5.41, 5.74) is 0.915. The minimum absolute atomic E-state index is 0.342. The summed E-state index contributed by atoms with van der Waals surface area (Å²) >= 11 is 5.89. The predicted molar refractivity (Wildman–Crippen MR) is 91.3 cm³/mol. The van der Waals surface area contributed by atoms with Gasteiger partial charge in [-0.05, 0) is 24.6 Å². The Labute approximate surface area is 144 Å². The van der Waals surface area contributed by atoms with Gasteiger partial charge in [0.25, 0.3) is 0 Å². The van der Waals surface area contributed by atoms with Gasteiger partial charge in [-0.3, -0.25) is 5.32 Å². The molecule has 0 fully saturated rings. The van der Waals surface area contributed by atoms with Gasteiger partial charge in [0.2, 0.25) is 0 Å². The molecule has 3 aromatic rings. The summed E-state index contributed by atoms with van der Waals surface area (Å²) in [6.45, 7) is 1.81. The monoisotopic (exact) mass is 342 g/mol. The fourth-order valence-corrected chi connectivity index (χ4v) is 2.34. The lowest BCUT2D eigenvalue weighted by Crippen LogP contribution is -2.18. The van der Waals surface area contributed by atoms with Crippen LogP contribution in [-0.4, -0.2) is 20.9 Å². The van der Waals surface area contributed by atoms with E-state index < -0.39 is 6.09 Å². The molecule has 6 nitrogen and oxygen atoms in total. The molecule has 1 atom stereocenters. The summed E-state index contributed by atoms with van der Waals surface area (Å²) in [7, 11) is 0. The predicted octanol–water partition coefficient (Wildman–Crippen LogP) is 4.23. The molecule has 24 heavy (non-hydrogen) atoms. The number of hydrogen-bond acceptors (Lipinski definition) is 4. The fraction of sp³-hybridized carbons (Fsp3) is 0.118. The van der Waals surface area contributed by atoms with E-state index in [2.05, 4.69) is 15.4 Å². The van der Waals surface area contributed by atoms with Crippen LogP contribution in [0, 0.1) is 0 Å². The van der Waals surface area contributed by atoms with Gasteiger partial charge in [-0.2, -0.15) is 9.78 Å². The normalized spacial score (nSPS) is 11.8. The van der Waals surface area contributed by atoms with Crippen molar-refractivity contribution >= 4 is 23.5 Å². The second-order valence-corrected chi connectivity index (χ2v) is 5.42. The molecule has 122 valence electrons.